The van der Waals surface area contributed by atoms with Gasteiger partial charge in [0.1, 0.15) is 0 Å². The zero-order chi connectivity index (χ0) is 11.3. The van der Waals surface area contributed by atoms with Crippen molar-refractivity contribution in [2.45, 2.75) is 0 Å². The van der Waals surface area contributed by atoms with E-state index in [0.29, 0.717) is 11.1 Å². The number of methoxy groups -OCH3 is 1. The predicted molar refractivity (Wildman–Crippen MR) is 56.0 cm³/mol. The number of rotatable bonds is 3. The maximum Gasteiger partial charge on any atom is 0.330 e. The summed E-state index contributed by atoms with van der Waals surface area (Å²) in [7, 11) is 1.28. The van der Waals surface area contributed by atoms with Crippen LogP contribution in [0.3, 0.4) is 0 Å². The maximum absolute atomic E-state index is 11.0. The number of benzene rings is 1. The molecular weight excluding hydrogens is 194 g/mol. The van der Waals surface area contributed by atoms with Crippen molar-refractivity contribution in [1.29, 1.82) is 0 Å². The minimum Gasteiger partial charge on any atom is -0.466 e. The van der Waals surface area contributed by atoms with E-state index in [0.717, 1.165) is 0 Å². The fraction of sp³-hybridized carbons (Fsp3) is 0.0909. The van der Waals surface area contributed by atoms with Gasteiger partial charge in [-0.2, -0.15) is 0 Å². The zero-order valence-corrected chi connectivity index (χ0v) is 8.27. The van der Waals surface area contributed by atoms with Gasteiger partial charge in [0.15, 0.2) is 0 Å². The first-order valence-corrected chi connectivity index (χ1v) is 4.30. The van der Waals surface area contributed by atoms with E-state index in [-0.39, 0.29) is 0 Å². The highest BCUT2D eigenvalue weighted by atomic mass is 16.5. The van der Waals surface area contributed by atoms with Crippen LogP contribution in [0, 0.1) is 0 Å². The highest BCUT2D eigenvalue weighted by Crippen LogP contribution is 2.09. The van der Waals surface area contributed by atoms with E-state index < -0.39 is 11.9 Å². The van der Waals surface area contributed by atoms with Crippen LogP contribution in [-0.2, 0) is 9.53 Å². The highest BCUT2D eigenvalue weighted by molar-refractivity contribution is 5.98. The Kier molecular flexibility index (Phi) is 3.62. The zero-order valence-electron chi connectivity index (χ0n) is 8.27. The Hall–Kier alpha value is -2.10. The standard InChI is InChI=1S/C11H11NO3/c1-15-10(13)7-6-8-4-2-3-5-9(8)11(12)14/h2-7H,1H3,(H2,12,14)/b7-6+. The molecule has 0 atom stereocenters. The second-order valence-electron chi connectivity index (χ2n) is 2.81. The lowest BCUT2D eigenvalue weighted by molar-refractivity contribution is -0.134. The molecule has 0 fully saturated rings. The van der Waals surface area contributed by atoms with Gasteiger partial charge in [0.05, 0.1) is 7.11 Å². The predicted octanol–water partition coefficient (Wildman–Crippen LogP) is 0.972. The molecule has 0 saturated heterocycles. The summed E-state index contributed by atoms with van der Waals surface area (Å²) in [6, 6.07) is 6.75. The van der Waals surface area contributed by atoms with E-state index >= 15 is 0 Å². The topological polar surface area (TPSA) is 69.4 Å². The molecule has 1 aromatic rings. The quantitative estimate of drug-likeness (QED) is 0.590. The molecule has 0 aliphatic rings. The van der Waals surface area contributed by atoms with Crippen LogP contribution in [0.2, 0.25) is 0 Å². The summed E-state index contributed by atoms with van der Waals surface area (Å²) < 4.78 is 4.43. The molecule has 0 radical (unpaired) electrons. The smallest absolute Gasteiger partial charge is 0.330 e. The van der Waals surface area contributed by atoms with Crippen molar-refractivity contribution in [1.82, 2.24) is 0 Å². The van der Waals surface area contributed by atoms with Crippen molar-refractivity contribution in [3.63, 3.8) is 0 Å². The summed E-state index contributed by atoms with van der Waals surface area (Å²) in [6.45, 7) is 0. The molecule has 0 unspecified atom stereocenters. The molecule has 78 valence electrons. The van der Waals surface area contributed by atoms with Crippen molar-refractivity contribution >= 4 is 18.0 Å². The van der Waals surface area contributed by atoms with E-state index in [1.54, 1.807) is 24.3 Å². The second kappa shape index (κ2) is 4.95. The van der Waals surface area contributed by atoms with Crippen molar-refractivity contribution in [2.24, 2.45) is 5.73 Å². The van der Waals surface area contributed by atoms with E-state index in [9.17, 15) is 9.59 Å². The summed E-state index contributed by atoms with van der Waals surface area (Å²) in [6.07, 6.45) is 2.73. The highest BCUT2D eigenvalue weighted by Gasteiger charge is 2.04. The van der Waals surface area contributed by atoms with Crippen molar-refractivity contribution in [2.75, 3.05) is 7.11 Å². The van der Waals surface area contributed by atoms with Crippen LogP contribution in [-0.4, -0.2) is 19.0 Å². The monoisotopic (exact) mass is 205 g/mol. The Bertz CT molecular complexity index is 410. The number of nitrogens with two attached hydrogens (primary N) is 1. The van der Waals surface area contributed by atoms with Gasteiger partial charge in [-0.1, -0.05) is 18.2 Å². The number of hydrogen-bond acceptors (Lipinski definition) is 3. The molecule has 0 aliphatic heterocycles. The largest absolute Gasteiger partial charge is 0.466 e. The van der Waals surface area contributed by atoms with Crippen molar-refractivity contribution in [3.05, 3.63) is 41.5 Å². The maximum atomic E-state index is 11.0. The normalized spacial score (nSPS) is 10.2. The van der Waals surface area contributed by atoms with Crippen LogP contribution < -0.4 is 5.73 Å². The molecule has 2 N–H and O–H groups in total. The Labute approximate surface area is 87.3 Å². The van der Waals surface area contributed by atoms with Crippen LogP contribution >= 0.6 is 0 Å². The lowest BCUT2D eigenvalue weighted by Crippen LogP contribution is -2.12. The first-order valence-electron chi connectivity index (χ1n) is 4.30. The molecular formula is C11H11NO3. The number of esters is 1. The molecule has 1 amide bonds. The van der Waals surface area contributed by atoms with Gasteiger partial charge in [-0.15, -0.1) is 0 Å². The number of ether oxygens (including phenoxy) is 1. The fourth-order valence-electron chi connectivity index (χ4n) is 1.09. The second-order valence-corrected chi connectivity index (χ2v) is 2.81. The Morgan fingerprint density at radius 1 is 1.33 bits per heavy atom. The number of hydrogen-bond donors (Lipinski definition) is 1. The van der Waals surface area contributed by atoms with E-state index in [1.165, 1.54) is 19.3 Å². The molecule has 1 rings (SSSR count). The molecule has 0 saturated carbocycles. The van der Waals surface area contributed by atoms with Gasteiger partial charge < -0.3 is 10.5 Å². The fourth-order valence-corrected chi connectivity index (χ4v) is 1.09. The van der Waals surface area contributed by atoms with Gasteiger partial charge in [-0.25, -0.2) is 4.79 Å². The molecule has 0 spiro atoms. The average molecular weight is 205 g/mol. The number of carbonyl (C=O) groups excluding carboxylic acids is 2. The molecule has 4 nitrogen and oxygen atoms in total. The third-order valence-corrected chi connectivity index (χ3v) is 1.83. The summed E-state index contributed by atoms with van der Waals surface area (Å²) in [4.78, 5) is 21.8. The number of primary amides is 1. The SMILES string of the molecule is COC(=O)/C=C/c1ccccc1C(N)=O. The molecule has 1 aromatic carbocycles. The van der Waals surface area contributed by atoms with Crippen molar-refractivity contribution in [3.8, 4) is 0 Å². The first kappa shape index (κ1) is 11.0. The minimum absolute atomic E-state index is 0.373. The van der Waals surface area contributed by atoms with Gasteiger partial charge in [-0.3, -0.25) is 4.79 Å². The van der Waals surface area contributed by atoms with Crippen LogP contribution in [0.25, 0.3) is 6.08 Å². The summed E-state index contributed by atoms with van der Waals surface area (Å²) in [5.41, 5.74) is 6.13. The van der Waals surface area contributed by atoms with Crippen molar-refractivity contribution < 1.29 is 14.3 Å². The molecule has 0 aromatic heterocycles. The van der Waals surface area contributed by atoms with Crippen LogP contribution in [0.15, 0.2) is 30.3 Å². The molecule has 0 bridgehead atoms. The number of amides is 1. The van der Waals surface area contributed by atoms with Crippen LogP contribution in [0.1, 0.15) is 15.9 Å². The summed E-state index contributed by atoms with van der Waals surface area (Å²) in [5.74, 6) is -1.01. The molecule has 0 heterocycles. The third-order valence-electron chi connectivity index (χ3n) is 1.83. The molecule has 4 heteroatoms. The Morgan fingerprint density at radius 3 is 2.60 bits per heavy atom. The lowest BCUT2D eigenvalue weighted by atomic mass is 10.1. The van der Waals surface area contributed by atoms with Gasteiger partial charge in [0.2, 0.25) is 5.91 Å². The molecule has 0 aliphatic carbocycles. The summed E-state index contributed by atoms with van der Waals surface area (Å²) in [5, 5.41) is 0. The van der Waals surface area contributed by atoms with E-state index in [2.05, 4.69) is 4.74 Å². The van der Waals surface area contributed by atoms with Crippen LogP contribution in [0.4, 0.5) is 0 Å². The Morgan fingerprint density at radius 2 is 2.00 bits per heavy atom. The lowest BCUT2D eigenvalue weighted by Gasteiger charge is -2.00. The van der Waals surface area contributed by atoms with Gasteiger partial charge in [0.25, 0.3) is 0 Å². The average Bonchev–Trinajstić information content (AvgIpc) is 2.26. The van der Waals surface area contributed by atoms with Crippen LogP contribution in [0.5, 0.6) is 0 Å². The Balaban J connectivity index is 2.99. The minimum atomic E-state index is -0.528. The number of carbonyl (C=O) groups is 2. The third kappa shape index (κ3) is 2.95. The van der Waals surface area contributed by atoms with Gasteiger partial charge >= 0.3 is 5.97 Å². The van der Waals surface area contributed by atoms with E-state index in [1.807, 2.05) is 0 Å². The van der Waals surface area contributed by atoms with Gasteiger partial charge in [0, 0.05) is 11.6 Å². The molecule has 15 heavy (non-hydrogen) atoms. The van der Waals surface area contributed by atoms with E-state index in [4.69, 9.17) is 5.73 Å². The first-order chi connectivity index (χ1) is 7.15. The summed E-state index contributed by atoms with van der Waals surface area (Å²) >= 11 is 0. The van der Waals surface area contributed by atoms with Gasteiger partial charge in [-0.05, 0) is 17.7 Å².